The van der Waals surface area contributed by atoms with E-state index in [1.807, 2.05) is 30.6 Å². The molecule has 6 nitrogen and oxygen atoms in total. The SMILES string of the molecule is c1ccc(-c2nc(-c3ccc(-c4ccc(-c5cccc6c5ccc5cc7ccccc7cc56)cc4)cc3)cc(-c3ccc(-c4cc(-c5ccc(-c6nc(-c7ccc(-c8ccc(-c9cccc%10c9ccc9cc%11ccccc%11cc9%10)cc8)cc7)cc(-c7ccc(-c8cncc9ccccc89)cc7)n6)cc5)nc5ccccc45)cc3)n2)cc1. The summed E-state index contributed by atoms with van der Waals surface area (Å²) in [7, 11) is 0. The van der Waals surface area contributed by atoms with Crippen molar-refractivity contribution >= 4 is 86.3 Å². The van der Waals surface area contributed by atoms with Gasteiger partial charge in [-0.3, -0.25) is 4.98 Å². The molecule has 0 saturated heterocycles. The van der Waals surface area contributed by atoms with Crippen LogP contribution in [0.3, 0.4) is 0 Å². The molecule has 0 unspecified atom stereocenters. The van der Waals surface area contributed by atoms with Crippen LogP contribution in [-0.4, -0.2) is 29.9 Å². The maximum atomic E-state index is 5.37. The third kappa shape index (κ3) is 12.4. The summed E-state index contributed by atoms with van der Waals surface area (Å²) in [5.41, 5.74) is 25.5. The number of hydrogen-bond acceptors (Lipinski definition) is 6. The summed E-state index contributed by atoms with van der Waals surface area (Å²) >= 11 is 0. The first-order valence-corrected chi connectivity index (χ1v) is 39.4. The van der Waals surface area contributed by atoms with Crippen LogP contribution in [0.4, 0.5) is 0 Å². The Bertz CT molecular complexity index is 7610. The summed E-state index contributed by atoms with van der Waals surface area (Å²) in [5.74, 6) is 1.29. The van der Waals surface area contributed by atoms with Crippen LogP contribution in [0.2, 0.25) is 0 Å². The van der Waals surface area contributed by atoms with Crippen LogP contribution in [0.1, 0.15) is 0 Å². The molecule has 0 saturated carbocycles. The van der Waals surface area contributed by atoms with Gasteiger partial charge >= 0.3 is 0 Å². The Hall–Kier alpha value is -15.5. The number of hydrogen-bond donors (Lipinski definition) is 0. The third-order valence-corrected chi connectivity index (χ3v) is 23.2. The van der Waals surface area contributed by atoms with Crippen LogP contribution in [0.5, 0.6) is 0 Å². The van der Waals surface area contributed by atoms with E-state index in [-0.39, 0.29) is 0 Å². The molecule has 0 aliphatic heterocycles. The predicted octanol–water partition coefficient (Wildman–Crippen LogP) is 29.0. The minimum absolute atomic E-state index is 0.622. The lowest BCUT2D eigenvalue weighted by molar-refractivity contribution is 1.18. The van der Waals surface area contributed by atoms with E-state index in [4.69, 9.17) is 24.9 Å². The van der Waals surface area contributed by atoms with E-state index < -0.39 is 0 Å². The predicted molar refractivity (Wildman–Crippen MR) is 484 cm³/mol. The fourth-order valence-electron chi connectivity index (χ4n) is 17.1. The van der Waals surface area contributed by atoms with Crippen LogP contribution in [0.25, 0.3) is 232 Å². The molecule has 0 bridgehead atoms. The zero-order chi connectivity index (χ0) is 76.6. The Morgan fingerprint density at radius 1 is 0.138 bits per heavy atom. The molecule has 4 aromatic heterocycles. The summed E-state index contributed by atoms with van der Waals surface area (Å²) in [4.78, 5) is 31.1. The quantitative estimate of drug-likeness (QED) is 0.0846. The van der Waals surface area contributed by atoms with Crippen molar-refractivity contribution < 1.29 is 0 Å². The minimum Gasteiger partial charge on any atom is -0.263 e. The third-order valence-electron chi connectivity index (χ3n) is 23.2. The smallest absolute Gasteiger partial charge is 0.160 e. The van der Waals surface area contributed by atoms with Gasteiger partial charge in [-0.25, -0.2) is 24.9 Å². The van der Waals surface area contributed by atoms with E-state index in [9.17, 15) is 0 Å². The van der Waals surface area contributed by atoms with Crippen molar-refractivity contribution in [1.29, 1.82) is 0 Å². The molecule has 0 radical (unpaired) electrons. The molecule has 0 amide bonds. The molecule has 0 atom stereocenters. The van der Waals surface area contributed by atoms with Gasteiger partial charge in [0.05, 0.1) is 34.0 Å². The van der Waals surface area contributed by atoms with Crippen LogP contribution >= 0.6 is 0 Å². The van der Waals surface area contributed by atoms with Crippen molar-refractivity contribution in [2.45, 2.75) is 0 Å². The molecule has 0 N–H and O–H groups in total. The van der Waals surface area contributed by atoms with E-state index in [1.54, 1.807) is 0 Å². The average molecular weight is 1470 g/mol. The summed E-state index contributed by atoms with van der Waals surface area (Å²) in [6.07, 6.45) is 3.87. The standard InChI is InChI=1S/C110H68N6/c1-2-14-82(15-3-1)109-113-105(78-44-32-71(33-45-78)69-28-36-73(37-29-69)91-23-12-25-94-96(91)58-56-88-60-84-16-4-6-18-86(84)62-99(88)94)65-107(114-109)80-48-40-75(41-49-80)101-64-104(112-103-27-11-10-22-98(101)103)77-52-54-83(55-53-77)110-115-106(66-108(116-110)81-50-42-76(43-51-81)102-68-111-67-90-20-8-9-21-93(90)102)79-46-34-72(35-47-79)70-30-38-74(39-31-70)92-24-13-26-95-97(92)59-57-89-61-85-17-5-7-19-87(85)63-100(89)95/h1-68H. The molecule has 0 aliphatic carbocycles. The fourth-order valence-corrected chi connectivity index (χ4v) is 17.1. The van der Waals surface area contributed by atoms with Gasteiger partial charge in [-0.15, -0.1) is 0 Å². The van der Waals surface area contributed by atoms with E-state index in [0.717, 1.165) is 134 Å². The van der Waals surface area contributed by atoms with Gasteiger partial charge in [0.1, 0.15) is 0 Å². The Morgan fingerprint density at radius 3 is 0.914 bits per heavy atom. The summed E-state index contributed by atoms with van der Waals surface area (Å²) in [5, 5.41) is 18.4. The lowest BCUT2D eigenvalue weighted by Crippen LogP contribution is -1.96. The van der Waals surface area contributed by atoms with Gasteiger partial charge in [0, 0.05) is 67.7 Å². The summed E-state index contributed by atoms with van der Waals surface area (Å²) < 4.78 is 0. The normalized spacial score (nSPS) is 11.6. The molecular formula is C110H68N6. The monoisotopic (exact) mass is 1470 g/mol. The molecule has 116 heavy (non-hydrogen) atoms. The Balaban J connectivity index is 0.551. The summed E-state index contributed by atoms with van der Waals surface area (Å²) in [6, 6.07) is 144. The van der Waals surface area contributed by atoms with Gasteiger partial charge in [0.25, 0.3) is 0 Å². The lowest BCUT2D eigenvalue weighted by atomic mass is 9.92. The number of fused-ring (bicyclic) bond motifs is 10. The summed E-state index contributed by atoms with van der Waals surface area (Å²) in [6.45, 7) is 0. The number of rotatable bonds is 13. The molecular weight excluding hydrogens is 1410 g/mol. The van der Waals surface area contributed by atoms with Crippen molar-refractivity contribution in [2.75, 3.05) is 0 Å². The van der Waals surface area contributed by atoms with Crippen molar-refractivity contribution in [3.8, 4) is 146 Å². The zero-order valence-corrected chi connectivity index (χ0v) is 62.9. The van der Waals surface area contributed by atoms with Crippen molar-refractivity contribution in [2.24, 2.45) is 0 Å². The second kappa shape index (κ2) is 28.4. The molecule has 18 aromatic carbocycles. The van der Waals surface area contributed by atoms with E-state index >= 15 is 0 Å². The second-order valence-electron chi connectivity index (χ2n) is 30.1. The fraction of sp³-hybridized carbons (Fsp3) is 0. The maximum absolute atomic E-state index is 5.37. The highest BCUT2D eigenvalue weighted by atomic mass is 14.9. The highest BCUT2D eigenvalue weighted by Gasteiger charge is 2.19. The van der Waals surface area contributed by atoms with E-state index in [1.165, 1.54) is 86.9 Å². The molecule has 538 valence electrons. The largest absolute Gasteiger partial charge is 0.263 e. The maximum Gasteiger partial charge on any atom is 0.160 e. The minimum atomic E-state index is 0.622. The molecule has 22 rings (SSSR count). The Labute approximate surface area is 670 Å². The van der Waals surface area contributed by atoms with Gasteiger partial charge in [-0.1, -0.05) is 352 Å². The zero-order valence-electron chi connectivity index (χ0n) is 62.9. The van der Waals surface area contributed by atoms with Crippen LogP contribution < -0.4 is 0 Å². The first-order valence-electron chi connectivity index (χ1n) is 39.4. The lowest BCUT2D eigenvalue weighted by Gasteiger charge is -2.13. The number of para-hydroxylation sites is 1. The molecule has 4 heterocycles. The van der Waals surface area contributed by atoms with Crippen molar-refractivity contribution in [1.82, 2.24) is 29.9 Å². The molecule has 22 aromatic rings. The first kappa shape index (κ1) is 67.4. The number of benzene rings is 18. The van der Waals surface area contributed by atoms with E-state index in [2.05, 4.69) is 387 Å². The number of pyridine rings is 2. The Morgan fingerprint density at radius 2 is 0.466 bits per heavy atom. The molecule has 0 fully saturated rings. The van der Waals surface area contributed by atoms with Crippen molar-refractivity contribution in [3.05, 3.63) is 413 Å². The Kier molecular flexibility index (Phi) is 16.5. The highest BCUT2D eigenvalue weighted by molar-refractivity contribution is 6.17. The van der Waals surface area contributed by atoms with Crippen LogP contribution in [0.15, 0.2) is 413 Å². The topological polar surface area (TPSA) is 77.3 Å². The van der Waals surface area contributed by atoms with Gasteiger partial charge in [-0.2, -0.15) is 0 Å². The second-order valence-corrected chi connectivity index (χ2v) is 30.1. The molecule has 0 aliphatic rings. The molecule has 0 spiro atoms. The highest BCUT2D eigenvalue weighted by Crippen LogP contribution is 2.42. The van der Waals surface area contributed by atoms with Gasteiger partial charge < -0.3 is 0 Å². The van der Waals surface area contributed by atoms with Crippen LogP contribution in [-0.2, 0) is 0 Å². The average Bonchev–Trinajstić information content (AvgIpc) is 0.768. The van der Waals surface area contributed by atoms with E-state index in [0.29, 0.717) is 11.6 Å². The number of aromatic nitrogens is 6. The molecule has 6 heteroatoms. The first-order chi connectivity index (χ1) is 57.4. The van der Waals surface area contributed by atoms with Crippen LogP contribution in [0, 0.1) is 0 Å². The van der Waals surface area contributed by atoms with Gasteiger partial charge in [-0.05, 0) is 180 Å². The number of nitrogens with zero attached hydrogens (tertiary/aromatic N) is 6. The van der Waals surface area contributed by atoms with Gasteiger partial charge in [0.15, 0.2) is 11.6 Å². The van der Waals surface area contributed by atoms with Gasteiger partial charge in [0.2, 0.25) is 0 Å². The van der Waals surface area contributed by atoms with Crippen molar-refractivity contribution in [3.63, 3.8) is 0 Å².